The Morgan fingerprint density at radius 1 is 1.25 bits per heavy atom. The van der Waals surface area contributed by atoms with Gasteiger partial charge in [-0.15, -0.1) is 0 Å². The van der Waals surface area contributed by atoms with Gasteiger partial charge in [-0.3, -0.25) is 4.98 Å². The number of nitrogens with one attached hydrogen (secondary N) is 1. The number of sulfonamides is 1. The summed E-state index contributed by atoms with van der Waals surface area (Å²) in [5.74, 6) is 0.0745. The van der Waals surface area contributed by atoms with Gasteiger partial charge in [-0.2, -0.15) is 4.31 Å². The van der Waals surface area contributed by atoms with Gasteiger partial charge in [-0.05, 0) is 18.6 Å². The van der Waals surface area contributed by atoms with Crippen LogP contribution in [0, 0.1) is 0 Å². The number of fused-ring (bicyclic) bond motifs is 1. The molecular weight excluding hydrogens is 326 g/mol. The molecule has 2 heterocycles. The first-order valence-electron chi connectivity index (χ1n) is 8.28. The lowest BCUT2D eigenvalue weighted by Crippen LogP contribution is -2.42. The van der Waals surface area contributed by atoms with Crippen molar-refractivity contribution in [2.45, 2.75) is 13.3 Å². The molecule has 130 valence electrons. The van der Waals surface area contributed by atoms with E-state index in [1.165, 1.54) is 4.31 Å². The van der Waals surface area contributed by atoms with E-state index in [-0.39, 0.29) is 5.75 Å². The van der Waals surface area contributed by atoms with Crippen LogP contribution in [-0.2, 0) is 21.2 Å². The van der Waals surface area contributed by atoms with E-state index in [9.17, 15) is 8.42 Å². The average molecular weight is 349 g/mol. The van der Waals surface area contributed by atoms with Crippen LogP contribution in [0.15, 0.2) is 30.3 Å². The van der Waals surface area contributed by atoms with Crippen molar-refractivity contribution < 1.29 is 13.2 Å². The zero-order valence-corrected chi connectivity index (χ0v) is 14.7. The van der Waals surface area contributed by atoms with E-state index in [1.54, 1.807) is 0 Å². The quantitative estimate of drug-likeness (QED) is 0.862. The SMILES string of the molecule is CCc1cc(NCCS(=O)(=O)N2CCOCC2)c2ccccc2n1. The van der Waals surface area contributed by atoms with E-state index < -0.39 is 10.0 Å². The minimum Gasteiger partial charge on any atom is -0.383 e. The minimum atomic E-state index is -3.25. The summed E-state index contributed by atoms with van der Waals surface area (Å²) in [5.41, 5.74) is 2.86. The van der Waals surface area contributed by atoms with Gasteiger partial charge in [0.25, 0.3) is 0 Å². The molecule has 0 saturated carbocycles. The number of hydrogen-bond donors (Lipinski definition) is 1. The van der Waals surface area contributed by atoms with E-state index >= 15 is 0 Å². The van der Waals surface area contributed by atoms with Gasteiger partial charge in [0.2, 0.25) is 10.0 Å². The third kappa shape index (κ3) is 3.85. The van der Waals surface area contributed by atoms with E-state index in [2.05, 4.69) is 17.2 Å². The number of nitrogens with zero attached hydrogens (tertiary/aromatic N) is 2. The third-order valence-corrected chi connectivity index (χ3v) is 6.04. The molecule has 0 radical (unpaired) electrons. The van der Waals surface area contributed by atoms with Crippen molar-refractivity contribution >= 4 is 26.6 Å². The number of hydrogen-bond acceptors (Lipinski definition) is 5. The number of para-hydroxylation sites is 1. The highest BCUT2D eigenvalue weighted by Gasteiger charge is 2.23. The molecular formula is C17H23N3O3S. The van der Waals surface area contributed by atoms with Gasteiger partial charge >= 0.3 is 0 Å². The lowest BCUT2D eigenvalue weighted by atomic mass is 10.1. The zero-order chi connectivity index (χ0) is 17.0. The minimum absolute atomic E-state index is 0.0745. The molecule has 0 unspecified atom stereocenters. The van der Waals surface area contributed by atoms with Crippen molar-refractivity contribution in [3.8, 4) is 0 Å². The second-order valence-corrected chi connectivity index (χ2v) is 7.87. The Morgan fingerprint density at radius 2 is 2.00 bits per heavy atom. The van der Waals surface area contributed by atoms with Crippen molar-refractivity contribution in [1.82, 2.24) is 9.29 Å². The Kier molecular flexibility index (Phi) is 5.33. The number of morpholine rings is 1. The van der Waals surface area contributed by atoms with Crippen LogP contribution in [0.3, 0.4) is 0 Å². The fourth-order valence-corrected chi connectivity index (χ4v) is 4.15. The van der Waals surface area contributed by atoms with Crippen LogP contribution in [0.5, 0.6) is 0 Å². The summed E-state index contributed by atoms with van der Waals surface area (Å²) in [6.07, 6.45) is 0.839. The Balaban J connectivity index is 1.71. The van der Waals surface area contributed by atoms with Gasteiger partial charge in [-0.25, -0.2) is 8.42 Å². The van der Waals surface area contributed by atoms with Crippen LogP contribution >= 0.6 is 0 Å². The Morgan fingerprint density at radius 3 is 2.75 bits per heavy atom. The lowest BCUT2D eigenvalue weighted by molar-refractivity contribution is 0.0731. The molecule has 1 N–H and O–H groups in total. The summed E-state index contributed by atoms with van der Waals surface area (Å²) >= 11 is 0. The van der Waals surface area contributed by atoms with Crippen LogP contribution < -0.4 is 5.32 Å². The maximum atomic E-state index is 12.4. The van der Waals surface area contributed by atoms with Gasteiger partial charge in [-0.1, -0.05) is 25.1 Å². The van der Waals surface area contributed by atoms with E-state index in [0.717, 1.165) is 28.7 Å². The normalized spacial score (nSPS) is 16.4. The molecule has 0 atom stereocenters. The second kappa shape index (κ2) is 7.46. The van der Waals surface area contributed by atoms with E-state index in [4.69, 9.17) is 4.74 Å². The summed E-state index contributed by atoms with van der Waals surface area (Å²) in [4.78, 5) is 4.60. The van der Waals surface area contributed by atoms with Crippen molar-refractivity contribution in [1.29, 1.82) is 0 Å². The fourth-order valence-electron chi connectivity index (χ4n) is 2.83. The lowest BCUT2D eigenvalue weighted by Gasteiger charge is -2.26. The maximum absolute atomic E-state index is 12.4. The van der Waals surface area contributed by atoms with Crippen molar-refractivity contribution in [2.75, 3.05) is 43.9 Å². The smallest absolute Gasteiger partial charge is 0.215 e. The molecule has 1 aliphatic heterocycles. The molecule has 2 aromatic rings. The van der Waals surface area contributed by atoms with Gasteiger partial charge in [0.1, 0.15) is 0 Å². The molecule has 1 saturated heterocycles. The zero-order valence-electron chi connectivity index (χ0n) is 13.9. The average Bonchev–Trinajstić information content (AvgIpc) is 2.62. The molecule has 7 heteroatoms. The molecule has 3 rings (SSSR count). The molecule has 1 aliphatic rings. The maximum Gasteiger partial charge on any atom is 0.215 e. The largest absolute Gasteiger partial charge is 0.383 e. The van der Waals surface area contributed by atoms with Crippen LogP contribution in [0.2, 0.25) is 0 Å². The number of aromatic nitrogens is 1. The molecule has 24 heavy (non-hydrogen) atoms. The summed E-state index contributed by atoms with van der Waals surface area (Å²) < 4.78 is 31.5. The van der Waals surface area contributed by atoms with E-state index in [0.29, 0.717) is 32.8 Å². The van der Waals surface area contributed by atoms with Crippen LogP contribution in [0.4, 0.5) is 5.69 Å². The molecule has 1 fully saturated rings. The van der Waals surface area contributed by atoms with Gasteiger partial charge in [0.05, 0.1) is 24.5 Å². The summed E-state index contributed by atoms with van der Waals surface area (Å²) in [5, 5.41) is 4.29. The molecule has 1 aromatic heterocycles. The summed E-state index contributed by atoms with van der Waals surface area (Å²) in [7, 11) is -3.25. The van der Waals surface area contributed by atoms with Gasteiger partial charge in [0, 0.05) is 36.4 Å². The summed E-state index contributed by atoms with van der Waals surface area (Å²) in [6, 6.07) is 9.90. The number of rotatable bonds is 6. The van der Waals surface area contributed by atoms with Gasteiger partial charge in [0.15, 0.2) is 0 Å². The predicted molar refractivity (Wildman–Crippen MR) is 95.8 cm³/mol. The van der Waals surface area contributed by atoms with Crippen LogP contribution in [0.25, 0.3) is 10.9 Å². The van der Waals surface area contributed by atoms with Crippen molar-refractivity contribution in [2.24, 2.45) is 0 Å². The standard InChI is InChI=1S/C17H23N3O3S/c1-2-14-13-17(15-5-3-4-6-16(15)19-14)18-7-12-24(21,22)20-8-10-23-11-9-20/h3-6,13H,2,7-12H2,1H3,(H,18,19). The van der Waals surface area contributed by atoms with Crippen molar-refractivity contribution in [3.63, 3.8) is 0 Å². The Bertz CT molecular complexity index is 802. The molecule has 0 spiro atoms. The highest BCUT2D eigenvalue weighted by atomic mass is 32.2. The first kappa shape index (κ1) is 17.1. The number of aryl methyl sites for hydroxylation is 1. The molecule has 0 amide bonds. The van der Waals surface area contributed by atoms with Crippen molar-refractivity contribution in [3.05, 3.63) is 36.0 Å². The molecule has 0 bridgehead atoms. The monoisotopic (exact) mass is 349 g/mol. The Labute approximate surface area is 142 Å². The van der Waals surface area contributed by atoms with E-state index in [1.807, 2.05) is 30.3 Å². The predicted octanol–water partition coefficient (Wildman–Crippen LogP) is 1.87. The first-order chi connectivity index (χ1) is 11.6. The Hall–Kier alpha value is -1.70. The number of pyridine rings is 1. The number of benzene rings is 1. The van der Waals surface area contributed by atoms with Crippen LogP contribution in [-0.4, -0.2) is 56.3 Å². The fraction of sp³-hybridized carbons (Fsp3) is 0.471. The highest BCUT2D eigenvalue weighted by molar-refractivity contribution is 7.89. The first-order valence-corrected chi connectivity index (χ1v) is 9.89. The molecule has 1 aromatic carbocycles. The summed E-state index contributed by atoms with van der Waals surface area (Å²) in [6.45, 7) is 4.27. The third-order valence-electron chi connectivity index (χ3n) is 4.17. The topological polar surface area (TPSA) is 71.5 Å². The highest BCUT2D eigenvalue weighted by Crippen LogP contribution is 2.23. The second-order valence-electron chi connectivity index (χ2n) is 5.79. The van der Waals surface area contributed by atoms with Crippen LogP contribution in [0.1, 0.15) is 12.6 Å². The molecule has 0 aliphatic carbocycles. The number of ether oxygens (including phenoxy) is 1. The molecule has 6 nitrogen and oxygen atoms in total. The van der Waals surface area contributed by atoms with Gasteiger partial charge < -0.3 is 10.1 Å². The number of anilines is 1.